The number of halogens is 1. The zero-order chi connectivity index (χ0) is 14.1. The molecule has 3 nitrogen and oxygen atoms in total. The fraction of sp³-hybridized carbons (Fsp3) is 0.438. The highest BCUT2D eigenvalue weighted by Gasteiger charge is 2.26. The summed E-state index contributed by atoms with van der Waals surface area (Å²) in [4.78, 5) is 7.21. The molecule has 0 saturated carbocycles. The van der Waals surface area contributed by atoms with Crippen molar-refractivity contribution in [3.63, 3.8) is 0 Å². The maximum atomic E-state index is 5.90. The molecule has 0 radical (unpaired) electrons. The highest BCUT2D eigenvalue weighted by Crippen LogP contribution is 2.26. The molecule has 1 fully saturated rings. The molecule has 1 aliphatic rings. The Hall–Kier alpha value is -1.13. The lowest BCUT2D eigenvalue weighted by molar-refractivity contribution is -0.00224. The van der Waals surface area contributed by atoms with E-state index in [0.717, 1.165) is 29.8 Å². The largest absolute Gasteiger partial charge is 0.371 e. The lowest BCUT2D eigenvalue weighted by atomic mass is 10.1. The maximum Gasteiger partial charge on any atom is 0.132 e. The molecule has 2 aromatic rings. The van der Waals surface area contributed by atoms with Crippen molar-refractivity contribution in [1.29, 1.82) is 0 Å². The van der Waals surface area contributed by atoms with Crippen molar-refractivity contribution in [3.05, 3.63) is 35.9 Å². The van der Waals surface area contributed by atoms with Crippen molar-refractivity contribution in [1.82, 2.24) is 4.98 Å². The van der Waals surface area contributed by atoms with E-state index in [2.05, 4.69) is 58.9 Å². The Bertz CT molecular complexity index is 616. The summed E-state index contributed by atoms with van der Waals surface area (Å²) in [6, 6.07) is 10.5. The summed E-state index contributed by atoms with van der Waals surface area (Å²) in [5.74, 6) is 1.09. The van der Waals surface area contributed by atoms with Crippen molar-refractivity contribution >= 4 is 32.7 Å². The molecule has 2 heterocycles. The predicted octanol–water partition coefficient (Wildman–Crippen LogP) is 3.53. The zero-order valence-corrected chi connectivity index (χ0v) is 13.4. The number of hydrogen-bond acceptors (Lipinski definition) is 3. The summed E-state index contributed by atoms with van der Waals surface area (Å²) in [7, 11) is 0. The Labute approximate surface area is 128 Å². The van der Waals surface area contributed by atoms with Crippen LogP contribution in [0.1, 0.15) is 12.5 Å². The first-order chi connectivity index (χ1) is 9.67. The van der Waals surface area contributed by atoms with Gasteiger partial charge in [0.1, 0.15) is 5.82 Å². The van der Waals surface area contributed by atoms with E-state index in [1.807, 2.05) is 6.07 Å². The molecule has 1 aliphatic heterocycles. The predicted molar refractivity (Wildman–Crippen MR) is 86.8 cm³/mol. The van der Waals surface area contributed by atoms with E-state index in [0.29, 0.717) is 0 Å². The number of alkyl halides is 1. The van der Waals surface area contributed by atoms with Gasteiger partial charge < -0.3 is 9.64 Å². The summed E-state index contributed by atoms with van der Waals surface area (Å²) in [5.41, 5.74) is 2.29. The van der Waals surface area contributed by atoms with E-state index in [1.165, 1.54) is 10.9 Å². The molecule has 0 N–H and O–H groups in total. The topological polar surface area (TPSA) is 25.4 Å². The summed E-state index contributed by atoms with van der Waals surface area (Å²) in [5, 5.41) is 2.06. The quantitative estimate of drug-likeness (QED) is 0.785. The van der Waals surface area contributed by atoms with Gasteiger partial charge in [0.25, 0.3) is 0 Å². The number of anilines is 1. The van der Waals surface area contributed by atoms with Crippen LogP contribution in [-0.2, 0) is 4.74 Å². The number of rotatable bonds is 2. The van der Waals surface area contributed by atoms with Crippen LogP contribution >= 0.6 is 15.9 Å². The van der Waals surface area contributed by atoms with Gasteiger partial charge in [-0.3, -0.25) is 0 Å². The van der Waals surface area contributed by atoms with E-state index in [9.17, 15) is 0 Å². The summed E-state index contributed by atoms with van der Waals surface area (Å²) in [6.07, 6.45) is 0.463. The SMILES string of the molecule is Cc1cc2ccccc2nc1N1CC(C)OC(CBr)C1. The third-order valence-electron chi connectivity index (χ3n) is 3.69. The van der Waals surface area contributed by atoms with Gasteiger partial charge in [0.2, 0.25) is 0 Å². The molecule has 20 heavy (non-hydrogen) atoms. The average molecular weight is 335 g/mol. The highest BCUT2D eigenvalue weighted by atomic mass is 79.9. The minimum Gasteiger partial charge on any atom is -0.371 e. The van der Waals surface area contributed by atoms with E-state index >= 15 is 0 Å². The normalized spacial score (nSPS) is 23.2. The number of para-hydroxylation sites is 1. The molecule has 2 atom stereocenters. The first-order valence-electron chi connectivity index (χ1n) is 7.00. The van der Waals surface area contributed by atoms with Crippen LogP contribution in [0.5, 0.6) is 0 Å². The first kappa shape index (κ1) is 13.8. The van der Waals surface area contributed by atoms with Gasteiger partial charge >= 0.3 is 0 Å². The number of morpholine rings is 1. The molecular formula is C16H19BrN2O. The molecule has 4 heteroatoms. The van der Waals surface area contributed by atoms with E-state index in [-0.39, 0.29) is 12.2 Å². The lowest BCUT2D eigenvalue weighted by Gasteiger charge is -2.37. The molecule has 0 spiro atoms. The van der Waals surface area contributed by atoms with E-state index in [1.54, 1.807) is 0 Å². The number of ether oxygens (including phenoxy) is 1. The first-order valence-corrected chi connectivity index (χ1v) is 8.12. The molecule has 1 aromatic heterocycles. The van der Waals surface area contributed by atoms with Crippen LogP contribution in [0.15, 0.2) is 30.3 Å². The smallest absolute Gasteiger partial charge is 0.132 e. The third-order valence-corrected chi connectivity index (χ3v) is 4.41. The minimum atomic E-state index is 0.228. The monoisotopic (exact) mass is 334 g/mol. The molecule has 0 bridgehead atoms. The van der Waals surface area contributed by atoms with Crippen LogP contribution < -0.4 is 4.90 Å². The molecule has 106 valence electrons. The van der Waals surface area contributed by atoms with E-state index < -0.39 is 0 Å². The fourth-order valence-corrected chi connectivity index (χ4v) is 3.19. The number of nitrogens with zero attached hydrogens (tertiary/aromatic N) is 2. The molecule has 0 aliphatic carbocycles. The van der Waals surface area contributed by atoms with Gasteiger partial charge in [0, 0.05) is 23.8 Å². The number of hydrogen-bond donors (Lipinski definition) is 0. The summed E-state index contributed by atoms with van der Waals surface area (Å²) >= 11 is 3.52. The molecule has 0 amide bonds. The van der Waals surface area contributed by atoms with Crippen LogP contribution in [0.3, 0.4) is 0 Å². The van der Waals surface area contributed by atoms with E-state index in [4.69, 9.17) is 9.72 Å². The second-order valence-corrected chi connectivity index (χ2v) is 6.10. The second kappa shape index (κ2) is 5.70. The standard InChI is InChI=1S/C16H19BrN2O/c1-11-7-13-5-3-4-6-15(13)18-16(11)19-9-12(2)20-14(8-17)10-19/h3-7,12,14H,8-10H2,1-2H3. The average Bonchev–Trinajstić information content (AvgIpc) is 2.45. The van der Waals surface area contributed by atoms with Crippen LogP contribution in [0.2, 0.25) is 0 Å². The zero-order valence-electron chi connectivity index (χ0n) is 11.8. The number of aryl methyl sites for hydroxylation is 1. The minimum absolute atomic E-state index is 0.228. The molecule has 2 unspecified atom stereocenters. The van der Waals surface area contributed by atoms with Crippen molar-refractivity contribution in [2.24, 2.45) is 0 Å². The molecule has 1 aromatic carbocycles. The van der Waals surface area contributed by atoms with Crippen molar-refractivity contribution in [3.8, 4) is 0 Å². The van der Waals surface area contributed by atoms with Gasteiger partial charge in [-0.05, 0) is 31.5 Å². The fourth-order valence-electron chi connectivity index (χ4n) is 2.83. The Morgan fingerprint density at radius 3 is 2.95 bits per heavy atom. The Balaban J connectivity index is 1.98. The van der Waals surface area contributed by atoms with Gasteiger partial charge in [-0.25, -0.2) is 4.98 Å². The van der Waals surface area contributed by atoms with Gasteiger partial charge in [-0.2, -0.15) is 0 Å². The van der Waals surface area contributed by atoms with Gasteiger partial charge in [0.15, 0.2) is 0 Å². The van der Waals surface area contributed by atoms with Gasteiger partial charge in [0.05, 0.1) is 17.7 Å². The Morgan fingerprint density at radius 2 is 2.15 bits per heavy atom. The van der Waals surface area contributed by atoms with Crippen LogP contribution in [-0.4, -0.2) is 35.6 Å². The molecule has 1 saturated heterocycles. The second-order valence-electron chi connectivity index (χ2n) is 5.45. The molecule has 3 rings (SSSR count). The lowest BCUT2D eigenvalue weighted by Crippen LogP contribution is -2.47. The number of aromatic nitrogens is 1. The highest BCUT2D eigenvalue weighted by molar-refractivity contribution is 9.09. The maximum absolute atomic E-state index is 5.90. The number of benzene rings is 1. The number of fused-ring (bicyclic) bond motifs is 1. The van der Waals surface area contributed by atoms with Crippen molar-refractivity contribution in [2.75, 3.05) is 23.3 Å². The van der Waals surface area contributed by atoms with Crippen LogP contribution in [0.4, 0.5) is 5.82 Å². The molecular weight excluding hydrogens is 316 g/mol. The Morgan fingerprint density at radius 1 is 1.35 bits per heavy atom. The summed E-state index contributed by atoms with van der Waals surface area (Å²) < 4.78 is 5.90. The number of pyridine rings is 1. The van der Waals surface area contributed by atoms with Crippen LogP contribution in [0, 0.1) is 6.92 Å². The van der Waals surface area contributed by atoms with Crippen molar-refractivity contribution in [2.45, 2.75) is 26.1 Å². The van der Waals surface area contributed by atoms with Crippen LogP contribution in [0.25, 0.3) is 10.9 Å². The Kier molecular flexibility index (Phi) is 3.94. The van der Waals surface area contributed by atoms with Gasteiger partial charge in [-0.1, -0.05) is 34.1 Å². The van der Waals surface area contributed by atoms with Gasteiger partial charge in [-0.15, -0.1) is 0 Å². The summed E-state index contributed by atoms with van der Waals surface area (Å²) in [6.45, 7) is 6.05. The third kappa shape index (κ3) is 2.67. The van der Waals surface area contributed by atoms with Crippen molar-refractivity contribution < 1.29 is 4.74 Å².